The molecule has 1 aromatic heterocycles. The number of methoxy groups -OCH3 is 1. The molecule has 0 aliphatic carbocycles. The van der Waals surface area contributed by atoms with Crippen molar-refractivity contribution < 1.29 is 48.8 Å². The summed E-state index contributed by atoms with van der Waals surface area (Å²) in [5, 5.41) is 0.959. The van der Waals surface area contributed by atoms with Crippen molar-refractivity contribution in [3.8, 4) is 5.75 Å². The summed E-state index contributed by atoms with van der Waals surface area (Å²) in [5.74, 6) is -1.09. The van der Waals surface area contributed by atoms with Gasteiger partial charge in [0.15, 0.2) is 17.3 Å². The third kappa shape index (κ3) is 15.9. The molecule has 9 rings (SSSR count). The zero-order chi connectivity index (χ0) is 58.5. The smallest absolute Gasteiger partial charge is 0.261 e. The van der Waals surface area contributed by atoms with Crippen LogP contribution < -0.4 is 23.8 Å². The molecular weight excluding hydrogens is 1160 g/mol. The highest BCUT2D eigenvalue weighted by Crippen LogP contribution is 2.30. The van der Waals surface area contributed by atoms with Crippen molar-refractivity contribution in [1.29, 1.82) is 0 Å². The van der Waals surface area contributed by atoms with E-state index < -0.39 is 41.7 Å². The van der Waals surface area contributed by atoms with Gasteiger partial charge in [0.1, 0.15) is 11.6 Å². The van der Waals surface area contributed by atoms with Gasteiger partial charge in [-0.3, -0.25) is 33.5 Å². The Kier molecular flexibility index (Phi) is 19.8. The van der Waals surface area contributed by atoms with Gasteiger partial charge >= 0.3 is 0 Å². The quantitative estimate of drug-likeness (QED) is 0.0726. The van der Waals surface area contributed by atoms with Gasteiger partial charge in [0.05, 0.1) is 38.9 Å². The van der Waals surface area contributed by atoms with Gasteiger partial charge < -0.3 is 9.64 Å². The number of anilines is 4. The number of ether oxygens (including phenoxy) is 1. The zero-order valence-electron chi connectivity index (χ0n) is 42.9. The maximum atomic E-state index is 13.0. The number of hydrogen-bond acceptors (Lipinski definition) is 12. The molecule has 0 bridgehead atoms. The summed E-state index contributed by atoms with van der Waals surface area (Å²) >= 11 is 18.0. The molecule has 15 nitrogen and oxygen atoms in total. The minimum atomic E-state index is -3.99. The fourth-order valence-electron chi connectivity index (χ4n) is 7.43. The van der Waals surface area contributed by atoms with Gasteiger partial charge in [0, 0.05) is 80.6 Å². The van der Waals surface area contributed by atoms with Crippen molar-refractivity contribution in [2.24, 2.45) is 0 Å². The molecule has 0 spiro atoms. The van der Waals surface area contributed by atoms with E-state index in [1.807, 2.05) is 19.0 Å². The number of carbonyl (C=O) groups is 3. The molecule has 0 atom stereocenters. The monoisotopic (exact) mass is 1210 g/mol. The van der Waals surface area contributed by atoms with Crippen LogP contribution in [0.5, 0.6) is 5.75 Å². The lowest BCUT2D eigenvalue weighted by Crippen LogP contribution is -2.16. The number of benzene rings is 8. The normalized spacial score (nSPS) is 11.1. The van der Waals surface area contributed by atoms with Crippen molar-refractivity contribution >= 4 is 105 Å². The summed E-state index contributed by atoms with van der Waals surface area (Å²) in [6, 6.07) is 50.2. The van der Waals surface area contributed by atoms with E-state index in [9.17, 15) is 44.0 Å². The van der Waals surface area contributed by atoms with E-state index in [-0.39, 0.29) is 60.0 Å². The number of nitrogens with zero attached hydrogens (tertiary/aromatic N) is 2. The average molecular weight is 1210 g/mol. The second-order valence-electron chi connectivity index (χ2n) is 17.4. The number of carbonyl (C=O) groups excluding carboxylic acids is 3. The average Bonchev–Trinajstić information content (AvgIpc) is 3.48. The number of sulfonamides is 3. The molecule has 22 heteroatoms. The fourth-order valence-corrected chi connectivity index (χ4v) is 11.2. The second kappa shape index (κ2) is 26.7. The summed E-state index contributed by atoms with van der Waals surface area (Å²) < 4.78 is 101. The van der Waals surface area contributed by atoms with Crippen LogP contribution in [-0.4, -0.2) is 68.8 Å². The minimum Gasteiger partial charge on any atom is -0.497 e. The highest BCUT2D eigenvalue weighted by atomic mass is 35.5. The molecule has 3 N–H and O–H groups in total. The Labute approximate surface area is 483 Å². The Morgan fingerprint density at radius 2 is 0.802 bits per heavy atom. The Balaban J connectivity index is 0.000000175. The number of pyridine rings is 1. The highest BCUT2D eigenvalue weighted by Gasteiger charge is 2.24. The van der Waals surface area contributed by atoms with Crippen LogP contribution in [0.25, 0.3) is 0 Å². The molecule has 0 aliphatic rings. The van der Waals surface area contributed by atoms with E-state index >= 15 is 0 Å². The number of nitrogens with one attached hydrogen (secondary N) is 3. The molecule has 0 fully saturated rings. The lowest BCUT2D eigenvalue weighted by atomic mass is 10.0. The summed E-state index contributed by atoms with van der Waals surface area (Å²) in [6.45, 7) is 0. The van der Waals surface area contributed by atoms with Crippen LogP contribution in [0, 0.1) is 5.82 Å². The summed E-state index contributed by atoms with van der Waals surface area (Å²) in [5.41, 5.74) is 2.88. The van der Waals surface area contributed by atoms with Crippen LogP contribution in [0.15, 0.2) is 227 Å². The first kappa shape index (κ1) is 60.2. The van der Waals surface area contributed by atoms with Crippen molar-refractivity contribution in [3.05, 3.63) is 267 Å². The standard InChI is InChI=1S/C21H19ClN2O3S.C19H13ClFNO3S.C19H15ClN2O4S/c1-24(2)17-9-11-18(12-10-17)28(26,27)23-20-13-8-16(22)14-19(20)21(25)15-6-4-3-5-7-15;20-14-6-11-18(17(12-14)19(23)13-4-2-1-3-5-13)22-26(24,25)16-9-7-15(21)8-10-16;1-26-15-5-7-16(8-6-15)27(24,25)22-18-9-4-14(20)11-17(18)19(23)13-3-2-10-21-12-13/h3-14,23H,1-2H3;1-12,22H;2-12,22H,1H3. The third-order valence-corrected chi connectivity index (χ3v) is 16.4. The molecule has 0 aliphatic heterocycles. The van der Waals surface area contributed by atoms with Crippen LogP contribution in [0.1, 0.15) is 47.8 Å². The molecule has 414 valence electrons. The molecule has 0 amide bonds. The fraction of sp³-hybridized carbons (Fsp3) is 0.0508. The first-order chi connectivity index (χ1) is 38.5. The summed E-state index contributed by atoms with van der Waals surface area (Å²) in [7, 11) is -6.53. The minimum absolute atomic E-state index is 0.0398. The number of rotatable bonds is 17. The molecule has 81 heavy (non-hydrogen) atoms. The molecule has 1 heterocycles. The van der Waals surface area contributed by atoms with E-state index in [1.165, 1.54) is 104 Å². The lowest BCUT2D eigenvalue weighted by Gasteiger charge is -2.15. The SMILES string of the molecule is CN(C)c1ccc(S(=O)(=O)Nc2ccc(Cl)cc2C(=O)c2ccccc2)cc1.COc1ccc(S(=O)(=O)Nc2ccc(Cl)cc2C(=O)c2cccnc2)cc1.O=C(c1ccccc1)c1cc(Cl)ccc1NS(=O)(=O)c1ccc(F)cc1. The molecule has 8 aromatic carbocycles. The predicted molar refractivity (Wildman–Crippen MR) is 314 cm³/mol. The topological polar surface area (TPSA) is 215 Å². The molecule has 0 unspecified atom stereocenters. The lowest BCUT2D eigenvalue weighted by molar-refractivity contribution is 0.103. The zero-order valence-corrected chi connectivity index (χ0v) is 47.6. The second-order valence-corrected chi connectivity index (χ2v) is 23.7. The van der Waals surface area contributed by atoms with E-state index in [0.717, 1.165) is 30.0 Å². The maximum absolute atomic E-state index is 13.0. The van der Waals surface area contributed by atoms with E-state index in [2.05, 4.69) is 19.2 Å². The van der Waals surface area contributed by atoms with E-state index in [1.54, 1.807) is 91.1 Å². The van der Waals surface area contributed by atoms with Gasteiger partial charge in [-0.2, -0.15) is 0 Å². The Hall–Kier alpha value is -8.43. The molecule has 0 saturated carbocycles. The number of aromatic nitrogens is 1. The van der Waals surface area contributed by atoms with Crippen LogP contribution >= 0.6 is 34.8 Å². The van der Waals surface area contributed by atoms with Gasteiger partial charge in [0.25, 0.3) is 30.1 Å². The van der Waals surface area contributed by atoms with Crippen LogP contribution in [0.3, 0.4) is 0 Å². The van der Waals surface area contributed by atoms with Crippen LogP contribution in [-0.2, 0) is 30.1 Å². The van der Waals surface area contributed by atoms with Crippen LogP contribution in [0.4, 0.5) is 27.1 Å². The first-order valence-corrected chi connectivity index (χ1v) is 29.4. The Bertz CT molecular complexity index is 4060. The van der Waals surface area contributed by atoms with E-state index in [4.69, 9.17) is 39.5 Å². The largest absolute Gasteiger partial charge is 0.497 e. The number of ketones is 3. The first-order valence-electron chi connectivity index (χ1n) is 23.8. The van der Waals surface area contributed by atoms with Gasteiger partial charge in [-0.1, -0.05) is 95.5 Å². The summed E-state index contributed by atoms with van der Waals surface area (Å²) in [6.07, 6.45) is 2.95. The molecular formula is C59H47Cl3FN5O10S3. The molecule has 9 aromatic rings. The summed E-state index contributed by atoms with van der Waals surface area (Å²) in [4.78, 5) is 44.2. The van der Waals surface area contributed by atoms with Crippen molar-refractivity contribution in [2.45, 2.75) is 14.7 Å². The predicted octanol–water partition coefficient (Wildman–Crippen LogP) is 12.7. The van der Waals surface area contributed by atoms with Crippen molar-refractivity contribution in [2.75, 3.05) is 40.3 Å². The van der Waals surface area contributed by atoms with Crippen molar-refractivity contribution in [1.82, 2.24) is 4.98 Å². The molecule has 0 saturated heterocycles. The van der Waals surface area contributed by atoms with Crippen LogP contribution in [0.2, 0.25) is 15.1 Å². The highest BCUT2D eigenvalue weighted by molar-refractivity contribution is 7.93. The Morgan fingerprint density at radius 3 is 1.15 bits per heavy atom. The number of halogens is 4. The van der Waals surface area contributed by atoms with Gasteiger partial charge in [-0.15, -0.1) is 0 Å². The Morgan fingerprint density at radius 1 is 0.457 bits per heavy atom. The molecule has 0 radical (unpaired) electrons. The number of hydrogen-bond donors (Lipinski definition) is 3. The van der Waals surface area contributed by atoms with E-state index in [0.29, 0.717) is 37.5 Å². The third-order valence-electron chi connectivity index (χ3n) is 11.6. The van der Waals surface area contributed by atoms with Gasteiger partial charge in [-0.05, 0) is 140 Å². The van der Waals surface area contributed by atoms with Gasteiger partial charge in [-0.25, -0.2) is 29.6 Å². The maximum Gasteiger partial charge on any atom is 0.261 e. The van der Waals surface area contributed by atoms with Gasteiger partial charge in [0.2, 0.25) is 0 Å². The van der Waals surface area contributed by atoms with Crippen molar-refractivity contribution in [3.63, 3.8) is 0 Å².